The molecule has 1 rings (SSSR count). The Morgan fingerprint density at radius 1 is 1.20 bits per heavy atom. The van der Waals surface area contributed by atoms with E-state index in [1.54, 1.807) is 14.2 Å². The van der Waals surface area contributed by atoms with Gasteiger partial charge in [0.1, 0.15) is 6.23 Å². The molecule has 116 valence electrons. The van der Waals surface area contributed by atoms with Gasteiger partial charge in [0.15, 0.2) is 0 Å². The number of ether oxygens (including phenoxy) is 1. The Morgan fingerprint density at radius 3 is 2.05 bits per heavy atom. The Bertz CT molecular complexity index is 410. The van der Waals surface area contributed by atoms with Crippen molar-refractivity contribution in [1.82, 2.24) is 5.32 Å². The summed E-state index contributed by atoms with van der Waals surface area (Å²) in [7, 11) is 3.49. The average molecular weight is 342 g/mol. The molecule has 2 N–H and O–H groups in total. The van der Waals surface area contributed by atoms with Crippen molar-refractivity contribution < 1.29 is 4.74 Å². The van der Waals surface area contributed by atoms with Crippen molar-refractivity contribution >= 4 is 41.3 Å². The lowest BCUT2D eigenvalue weighted by atomic mass is 10.1. The first kappa shape index (κ1) is 19.8. The first-order valence-corrected chi connectivity index (χ1v) is 6.98. The van der Waals surface area contributed by atoms with E-state index in [-0.39, 0.29) is 24.2 Å². The minimum atomic E-state index is -0.0763. The highest BCUT2D eigenvalue weighted by atomic mass is 35.5. The van der Waals surface area contributed by atoms with Crippen LogP contribution in [0.3, 0.4) is 0 Å². The van der Waals surface area contributed by atoms with E-state index in [4.69, 9.17) is 27.9 Å². The average Bonchev–Trinajstić information content (AvgIpc) is 2.25. The fourth-order valence-electron chi connectivity index (χ4n) is 1.87. The molecule has 0 fully saturated rings. The SMILES string of the molecule is CNc1c(Cl)cc(CC(NC(C)(C)C)OC)cc1Cl.Cl. The van der Waals surface area contributed by atoms with Crippen molar-refractivity contribution in [2.45, 2.75) is 39.0 Å². The molecule has 0 aliphatic rings. The van der Waals surface area contributed by atoms with Crippen molar-refractivity contribution in [3.63, 3.8) is 0 Å². The molecule has 0 amide bonds. The standard InChI is InChI=1S/C14H22Cl2N2O.ClH/c1-14(2,3)18-12(19-5)8-9-6-10(15)13(17-4)11(16)7-9;/h6-7,12,17-18H,8H2,1-5H3;1H. The minimum Gasteiger partial charge on any atom is -0.386 e. The van der Waals surface area contributed by atoms with Gasteiger partial charge in [-0.3, -0.25) is 5.32 Å². The first-order valence-electron chi connectivity index (χ1n) is 6.23. The van der Waals surface area contributed by atoms with Crippen molar-refractivity contribution in [3.05, 3.63) is 27.7 Å². The Balaban J connectivity index is 0.00000361. The Kier molecular flexibility index (Phi) is 8.22. The zero-order chi connectivity index (χ0) is 14.6. The number of rotatable bonds is 5. The highest BCUT2D eigenvalue weighted by molar-refractivity contribution is 6.39. The fraction of sp³-hybridized carbons (Fsp3) is 0.571. The smallest absolute Gasteiger partial charge is 0.112 e. The zero-order valence-corrected chi connectivity index (χ0v) is 14.8. The summed E-state index contributed by atoms with van der Waals surface area (Å²) in [6.45, 7) is 6.30. The predicted molar refractivity (Wildman–Crippen MR) is 90.6 cm³/mol. The molecule has 0 aliphatic carbocycles. The van der Waals surface area contributed by atoms with Gasteiger partial charge in [-0.15, -0.1) is 12.4 Å². The molecule has 0 aromatic heterocycles. The summed E-state index contributed by atoms with van der Waals surface area (Å²) in [5.74, 6) is 0. The molecule has 0 heterocycles. The Morgan fingerprint density at radius 2 is 1.70 bits per heavy atom. The van der Waals surface area contributed by atoms with Gasteiger partial charge in [0.25, 0.3) is 0 Å². The molecule has 0 aliphatic heterocycles. The van der Waals surface area contributed by atoms with Crippen molar-refractivity contribution in [2.24, 2.45) is 0 Å². The third-order valence-corrected chi connectivity index (χ3v) is 3.25. The summed E-state index contributed by atoms with van der Waals surface area (Å²) < 4.78 is 5.45. The van der Waals surface area contributed by atoms with Crippen LogP contribution in [0.1, 0.15) is 26.3 Å². The van der Waals surface area contributed by atoms with Crippen LogP contribution in [0.5, 0.6) is 0 Å². The third-order valence-electron chi connectivity index (χ3n) is 2.65. The third kappa shape index (κ3) is 6.06. The fourth-order valence-corrected chi connectivity index (χ4v) is 2.59. The van der Waals surface area contributed by atoms with E-state index in [1.165, 1.54) is 0 Å². The van der Waals surface area contributed by atoms with E-state index >= 15 is 0 Å². The lowest BCUT2D eigenvalue weighted by Crippen LogP contribution is -2.45. The van der Waals surface area contributed by atoms with E-state index < -0.39 is 0 Å². The summed E-state index contributed by atoms with van der Waals surface area (Å²) in [6.07, 6.45) is 0.629. The number of hydrogen-bond donors (Lipinski definition) is 2. The monoisotopic (exact) mass is 340 g/mol. The molecule has 0 saturated heterocycles. The maximum atomic E-state index is 6.19. The number of halogens is 3. The van der Waals surface area contributed by atoms with Crippen LogP contribution in [0.4, 0.5) is 5.69 Å². The lowest BCUT2D eigenvalue weighted by Gasteiger charge is -2.27. The molecule has 1 atom stereocenters. The van der Waals surface area contributed by atoms with Crippen LogP contribution in [0.25, 0.3) is 0 Å². The second-order valence-electron chi connectivity index (χ2n) is 5.51. The molecule has 20 heavy (non-hydrogen) atoms. The molecule has 1 aromatic rings. The summed E-state index contributed by atoms with van der Waals surface area (Å²) >= 11 is 12.4. The lowest BCUT2D eigenvalue weighted by molar-refractivity contribution is 0.0526. The van der Waals surface area contributed by atoms with Crippen LogP contribution in [-0.4, -0.2) is 25.9 Å². The van der Waals surface area contributed by atoms with Crippen LogP contribution in [0.2, 0.25) is 10.0 Å². The van der Waals surface area contributed by atoms with E-state index in [0.29, 0.717) is 16.5 Å². The second kappa shape index (κ2) is 8.30. The van der Waals surface area contributed by atoms with Gasteiger partial charge in [-0.05, 0) is 38.5 Å². The van der Waals surface area contributed by atoms with Crippen LogP contribution in [-0.2, 0) is 11.2 Å². The Labute approximate surface area is 137 Å². The largest absolute Gasteiger partial charge is 0.386 e. The second-order valence-corrected chi connectivity index (χ2v) is 6.32. The molecule has 0 saturated carbocycles. The van der Waals surface area contributed by atoms with Crippen LogP contribution >= 0.6 is 35.6 Å². The summed E-state index contributed by atoms with van der Waals surface area (Å²) in [6, 6.07) is 3.82. The molecule has 1 aromatic carbocycles. The molecule has 6 heteroatoms. The summed E-state index contributed by atoms with van der Waals surface area (Å²) in [5.41, 5.74) is 1.78. The van der Waals surface area contributed by atoms with Gasteiger partial charge < -0.3 is 10.1 Å². The van der Waals surface area contributed by atoms with Gasteiger partial charge in [-0.2, -0.15) is 0 Å². The van der Waals surface area contributed by atoms with E-state index in [0.717, 1.165) is 11.3 Å². The minimum absolute atomic E-state index is 0. The maximum absolute atomic E-state index is 6.19. The number of anilines is 1. The van der Waals surface area contributed by atoms with Crippen LogP contribution in [0.15, 0.2) is 12.1 Å². The summed E-state index contributed by atoms with van der Waals surface area (Å²) in [5, 5.41) is 7.63. The van der Waals surface area contributed by atoms with Crippen LogP contribution < -0.4 is 10.6 Å². The van der Waals surface area contributed by atoms with Gasteiger partial charge in [0.05, 0.1) is 15.7 Å². The molecular weight excluding hydrogens is 319 g/mol. The van der Waals surface area contributed by atoms with Crippen molar-refractivity contribution in [3.8, 4) is 0 Å². The van der Waals surface area contributed by atoms with Gasteiger partial charge in [0, 0.05) is 26.1 Å². The van der Waals surface area contributed by atoms with Gasteiger partial charge >= 0.3 is 0 Å². The maximum Gasteiger partial charge on any atom is 0.112 e. The quantitative estimate of drug-likeness (QED) is 0.781. The van der Waals surface area contributed by atoms with Crippen molar-refractivity contribution in [1.29, 1.82) is 0 Å². The Hall–Kier alpha value is -0.190. The van der Waals surface area contributed by atoms with Crippen molar-refractivity contribution in [2.75, 3.05) is 19.5 Å². The number of benzene rings is 1. The molecule has 0 radical (unpaired) electrons. The molecule has 1 unspecified atom stereocenters. The highest BCUT2D eigenvalue weighted by Crippen LogP contribution is 2.31. The zero-order valence-electron chi connectivity index (χ0n) is 12.5. The van der Waals surface area contributed by atoms with Gasteiger partial charge in [-0.25, -0.2) is 0 Å². The van der Waals surface area contributed by atoms with E-state index in [1.807, 2.05) is 12.1 Å². The highest BCUT2D eigenvalue weighted by Gasteiger charge is 2.18. The van der Waals surface area contributed by atoms with Gasteiger partial charge in [-0.1, -0.05) is 23.2 Å². The number of hydrogen-bond acceptors (Lipinski definition) is 3. The first-order chi connectivity index (χ1) is 8.76. The molecule has 0 bridgehead atoms. The summed E-state index contributed by atoms with van der Waals surface area (Å²) in [4.78, 5) is 0. The number of methoxy groups -OCH3 is 1. The van der Waals surface area contributed by atoms with E-state index in [2.05, 4.69) is 31.4 Å². The predicted octanol–water partition coefficient (Wildman–Crippen LogP) is 4.36. The van der Waals surface area contributed by atoms with Crippen LogP contribution in [0, 0.1) is 0 Å². The molecular formula is C14H23Cl3N2O. The molecule has 3 nitrogen and oxygen atoms in total. The molecule has 0 spiro atoms. The topological polar surface area (TPSA) is 33.3 Å². The normalized spacial score (nSPS) is 12.8. The van der Waals surface area contributed by atoms with E-state index in [9.17, 15) is 0 Å². The van der Waals surface area contributed by atoms with Gasteiger partial charge in [0.2, 0.25) is 0 Å². The number of nitrogens with one attached hydrogen (secondary N) is 2.